The number of pyridine rings is 2. The number of aliphatic hydroxyl groups is 1. The van der Waals surface area contributed by atoms with Crippen LogP contribution in [0.4, 0.5) is 0 Å². The summed E-state index contributed by atoms with van der Waals surface area (Å²) in [5.41, 5.74) is 3.96. The van der Waals surface area contributed by atoms with Crippen LogP contribution in [0.15, 0.2) is 72.4 Å². The van der Waals surface area contributed by atoms with E-state index < -0.39 is 19.5 Å². The van der Waals surface area contributed by atoms with Crippen LogP contribution in [0, 0.1) is 0 Å². The Morgan fingerprint density at radius 1 is 0.792 bits per heavy atom. The first-order valence-electron chi connectivity index (χ1n) is 18.5. The molecule has 0 radical (unpaired) electrons. The van der Waals surface area contributed by atoms with E-state index in [0.29, 0.717) is 5.65 Å². The molecule has 5 aromatic heterocycles. The molecule has 9 nitrogen and oxygen atoms in total. The minimum absolute atomic E-state index is 0.0716. The highest BCUT2D eigenvalue weighted by Crippen LogP contribution is 2.54. The van der Waals surface area contributed by atoms with Crippen molar-refractivity contribution in [3.63, 3.8) is 0 Å². The highest BCUT2D eigenvalue weighted by atomic mass is 32.1. The molecule has 53 heavy (non-hydrogen) atoms. The highest BCUT2D eigenvalue weighted by molar-refractivity contribution is 7.80. The van der Waals surface area contributed by atoms with Gasteiger partial charge in [-0.3, -0.25) is 8.80 Å². The summed E-state index contributed by atoms with van der Waals surface area (Å²) in [6.45, 7) is 21.3. The summed E-state index contributed by atoms with van der Waals surface area (Å²) in [6.07, 6.45) is 8.19. The number of thiocarbonyl (C=S) groups is 1. The number of thiazole rings is 1. The molecule has 8 rings (SSSR count). The van der Waals surface area contributed by atoms with Crippen LogP contribution in [-0.4, -0.2) is 52.5 Å². The maximum Gasteiger partial charge on any atom is 0.193 e. The Kier molecular flexibility index (Phi) is 9.21. The van der Waals surface area contributed by atoms with Crippen LogP contribution in [0.1, 0.15) is 109 Å². The molecular formula is C41H51N7O2S2Si. The normalized spacial score (nSPS) is 16.7. The zero-order valence-corrected chi connectivity index (χ0v) is 35.2. The number of hydrogen-bond donors (Lipinski definition) is 1. The lowest BCUT2D eigenvalue weighted by Crippen LogP contribution is -2.46. The number of hydrogen-bond acceptors (Lipinski definition) is 9. The predicted molar refractivity (Wildman–Crippen MR) is 219 cm³/mol. The van der Waals surface area contributed by atoms with Gasteiger partial charge in [0.2, 0.25) is 0 Å². The van der Waals surface area contributed by atoms with Crippen LogP contribution in [0.2, 0.25) is 18.1 Å². The second-order valence-electron chi connectivity index (χ2n) is 17.3. The van der Waals surface area contributed by atoms with Gasteiger partial charge in [0.1, 0.15) is 10.8 Å². The van der Waals surface area contributed by atoms with E-state index in [1.807, 2.05) is 47.9 Å². The fourth-order valence-electron chi connectivity index (χ4n) is 7.03. The van der Waals surface area contributed by atoms with Crippen LogP contribution in [0.5, 0.6) is 0 Å². The number of aromatic nitrogens is 7. The molecular weight excluding hydrogens is 715 g/mol. The molecule has 0 bridgehead atoms. The van der Waals surface area contributed by atoms with Crippen molar-refractivity contribution < 1.29 is 9.53 Å². The molecule has 0 spiro atoms. The van der Waals surface area contributed by atoms with Gasteiger partial charge in [0.15, 0.2) is 25.4 Å². The molecule has 1 aromatic carbocycles. The third-order valence-corrected chi connectivity index (χ3v) is 17.6. The van der Waals surface area contributed by atoms with Gasteiger partial charge in [0.05, 0.1) is 27.7 Å². The zero-order chi connectivity index (χ0) is 38.2. The van der Waals surface area contributed by atoms with Gasteiger partial charge < -0.3 is 9.53 Å². The molecule has 5 heterocycles. The molecule has 2 fully saturated rings. The second-order valence-corrected chi connectivity index (χ2v) is 23.5. The van der Waals surface area contributed by atoms with Gasteiger partial charge in [-0.2, -0.15) is 0 Å². The summed E-state index contributed by atoms with van der Waals surface area (Å²) in [6, 6.07) is 18.3. The fraction of sp³-hybridized carbons (Fsp3) is 0.463. The van der Waals surface area contributed by atoms with Crippen molar-refractivity contribution in [3.05, 3.63) is 100 Å². The van der Waals surface area contributed by atoms with Crippen molar-refractivity contribution in [3.8, 4) is 11.3 Å². The topological polar surface area (TPSA) is 103 Å². The summed E-state index contributed by atoms with van der Waals surface area (Å²) < 4.78 is 10.9. The van der Waals surface area contributed by atoms with Crippen molar-refractivity contribution in [2.45, 2.75) is 121 Å². The molecule has 0 saturated heterocycles. The Morgan fingerprint density at radius 2 is 1.36 bits per heavy atom. The Bertz CT molecular complexity index is 2300. The van der Waals surface area contributed by atoms with Gasteiger partial charge in [-0.05, 0) is 90.6 Å². The first kappa shape index (κ1) is 37.6. The third-order valence-electron chi connectivity index (χ3n) is 11.5. The lowest BCUT2D eigenvalue weighted by molar-refractivity contribution is 0.0795. The monoisotopic (exact) mass is 765 g/mol. The van der Waals surface area contributed by atoms with Crippen LogP contribution in [0.3, 0.4) is 0 Å². The van der Waals surface area contributed by atoms with Crippen molar-refractivity contribution in [1.82, 2.24) is 34.2 Å². The molecule has 1 N–H and O–H groups in total. The van der Waals surface area contributed by atoms with Crippen LogP contribution in [0.25, 0.3) is 22.6 Å². The summed E-state index contributed by atoms with van der Waals surface area (Å²) in [5.74, 6) is 1.89. The Morgan fingerprint density at radius 3 is 1.91 bits per heavy atom. The summed E-state index contributed by atoms with van der Waals surface area (Å²) in [5, 5.41) is 31.9. The highest BCUT2D eigenvalue weighted by Gasteiger charge is 2.53. The van der Waals surface area contributed by atoms with E-state index in [-0.39, 0.29) is 15.9 Å². The van der Waals surface area contributed by atoms with E-state index in [4.69, 9.17) is 21.6 Å². The first-order chi connectivity index (χ1) is 24.8. The number of benzene rings is 1. The summed E-state index contributed by atoms with van der Waals surface area (Å²) in [4.78, 5) is 5.94. The van der Waals surface area contributed by atoms with Crippen molar-refractivity contribution in [2.24, 2.45) is 0 Å². The average Bonchev–Trinajstić information content (AvgIpc) is 3.89. The quantitative estimate of drug-likeness (QED) is 0.115. The molecule has 2 aliphatic rings. The average molecular weight is 766 g/mol. The predicted octanol–water partition coefficient (Wildman–Crippen LogP) is 9.57. The maximum absolute atomic E-state index is 10.5. The molecule has 278 valence electrons. The van der Waals surface area contributed by atoms with E-state index in [1.54, 1.807) is 25.2 Å². The molecule has 0 aliphatic heterocycles. The minimum atomic E-state index is -1.92. The third kappa shape index (κ3) is 6.71. The Labute approximate surface area is 323 Å². The van der Waals surface area contributed by atoms with Crippen molar-refractivity contribution >= 4 is 48.0 Å². The second kappa shape index (κ2) is 13.0. The molecule has 6 aromatic rings. The van der Waals surface area contributed by atoms with Crippen LogP contribution in [-0.2, 0) is 26.5 Å². The number of nitrogens with zero attached hydrogens (tertiary/aromatic N) is 7. The summed E-state index contributed by atoms with van der Waals surface area (Å²) >= 11 is 7.21. The fourth-order valence-corrected chi connectivity index (χ4v) is 10.1. The number of rotatable bonds is 9. The molecule has 0 atom stereocenters. The molecule has 0 amide bonds. The van der Waals surface area contributed by atoms with Gasteiger partial charge in [-0.15, -0.1) is 31.7 Å². The van der Waals surface area contributed by atoms with Gasteiger partial charge in [-0.25, -0.2) is 4.98 Å². The number of fused-ring (bicyclic) bond motifs is 2. The Balaban J connectivity index is 0.000000164. The van der Waals surface area contributed by atoms with Crippen molar-refractivity contribution in [2.75, 3.05) is 0 Å². The van der Waals surface area contributed by atoms with Crippen LogP contribution < -0.4 is 0 Å². The van der Waals surface area contributed by atoms with E-state index in [9.17, 15) is 5.11 Å². The molecule has 0 unspecified atom stereocenters. The van der Waals surface area contributed by atoms with E-state index in [1.165, 1.54) is 0 Å². The smallest absolute Gasteiger partial charge is 0.193 e. The molecule has 12 heteroatoms. The zero-order valence-electron chi connectivity index (χ0n) is 32.6. The Hall–Kier alpha value is -3.68. The van der Waals surface area contributed by atoms with E-state index >= 15 is 0 Å². The van der Waals surface area contributed by atoms with Gasteiger partial charge in [0.25, 0.3) is 0 Å². The van der Waals surface area contributed by atoms with E-state index in [2.05, 4.69) is 108 Å². The van der Waals surface area contributed by atoms with Gasteiger partial charge in [-0.1, -0.05) is 75.5 Å². The first-order valence-corrected chi connectivity index (χ1v) is 22.6. The largest absolute Gasteiger partial charge is 0.408 e. The standard InChI is InChI=1S/C21H20N4OS.C20H31N3OSSi/c1-20(2,26)15-9-6-12-25-17(15)23-24-18(25)21(10-11-21)19-22-16(13-27-19)14-7-4-3-5-8-14;1-14(25)20(11-12-20)17-22-21-16-15(10-9-13-23(16)17)19(5,6)24-26(7,8)18(2,3)4/h3-9,12-13,26H,10-11H2,1-2H3;9-10,13H,11-12H2,1-8H3. The summed E-state index contributed by atoms with van der Waals surface area (Å²) in [7, 11) is -1.92. The SMILES string of the molecule is CC(=S)C1(c2nnc3c(C(C)(C)O[Si](C)(C)C(C)(C)C)cccn23)CC1.CC(C)(O)c1cccn2c(C3(c4nc(-c5ccccc5)cs4)CC3)nnc12. The maximum atomic E-state index is 10.5. The molecule has 2 saturated carbocycles. The lowest BCUT2D eigenvalue weighted by Gasteiger charge is -2.43. The molecule has 2 aliphatic carbocycles. The van der Waals surface area contributed by atoms with Gasteiger partial charge in [0, 0.05) is 39.3 Å². The van der Waals surface area contributed by atoms with Crippen molar-refractivity contribution in [1.29, 1.82) is 0 Å². The van der Waals surface area contributed by atoms with Gasteiger partial charge >= 0.3 is 0 Å². The lowest BCUT2D eigenvalue weighted by atomic mass is 9.99. The van der Waals surface area contributed by atoms with E-state index in [0.717, 1.165) is 75.2 Å². The minimum Gasteiger partial charge on any atom is -0.408 e. The van der Waals surface area contributed by atoms with Crippen LogP contribution >= 0.6 is 23.6 Å².